The number of hydrogen-bond donors (Lipinski definition) is 1. The van der Waals surface area contributed by atoms with E-state index in [1.165, 1.54) is 0 Å². The van der Waals surface area contributed by atoms with Gasteiger partial charge in [-0.3, -0.25) is 4.79 Å². The highest BCUT2D eigenvalue weighted by Crippen LogP contribution is 2.44. The number of benzene rings is 1. The van der Waals surface area contributed by atoms with Crippen molar-refractivity contribution in [3.8, 4) is 0 Å². The Bertz CT molecular complexity index is 799. The monoisotopic (exact) mass is 464 g/mol. The zero-order chi connectivity index (χ0) is 20.1. The molecule has 0 aliphatic heterocycles. The predicted molar refractivity (Wildman–Crippen MR) is 118 cm³/mol. The van der Waals surface area contributed by atoms with Gasteiger partial charge in [0.25, 0.3) is 0 Å². The van der Waals surface area contributed by atoms with Crippen molar-refractivity contribution in [2.24, 2.45) is 5.92 Å². The lowest BCUT2D eigenvalue weighted by molar-refractivity contribution is -0.129. The number of carbonyl (C=O) groups is 1. The molecule has 3 rings (SSSR count). The van der Waals surface area contributed by atoms with E-state index < -0.39 is 0 Å². The molecule has 0 saturated heterocycles. The molecule has 1 N–H and O–H groups in total. The Morgan fingerprint density at radius 3 is 2.57 bits per heavy atom. The van der Waals surface area contributed by atoms with E-state index in [-0.39, 0.29) is 11.3 Å². The van der Waals surface area contributed by atoms with Gasteiger partial charge in [0, 0.05) is 24.0 Å². The van der Waals surface area contributed by atoms with Crippen molar-refractivity contribution >= 4 is 33.6 Å². The molecule has 5 nitrogen and oxygen atoms in total. The van der Waals surface area contributed by atoms with Crippen LogP contribution in [0.5, 0.6) is 0 Å². The summed E-state index contributed by atoms with van der Waals surface area (Å²) in [4.78, 5) is 12.9. The second-order valence-corrected chi connectivity index (χ2v) is 9.60. The fourth-order valence-electron chi connectivity index (χ4n) is 3.77. The first-order valence-corrected chi connectivity index (χ1v) is 12.0. The topological polar surface area (TPSA) is 59.8 Å². The van der Waals surface area contributed by atoms with Gasteiger partial charge in [0.2, 0.25) is 5.91 Å². The Hall–Kier alpha value is -1.34. The van der Waals surface area contributed by atoms with Crippen LogP contribution in [0, 0.1) is 5.92 Å². The minimum atomic E-state index is -0.343. The summed E-state index contributed by atoms with van der Waals surface area (Å²) >= 11 is 5.11. The van der Waals surface area contributed by atoms with Crippen LogP contribution in [0.1, 0.15) is 50.9 Å². The molecule has 152 valence electrons. The van der Waals surface area contributed by atoms with Gasteiger partial charge in [-0.15, -0.1) is 10.2 Å². The van der Waals surface area contributed by atoms with E-state index in [2.05, 4.69) is 62.0 Å². The number of hydrogen-bond acceptors (Lipinski definition) is 4. The summed E-state index contributed by atoms with van der Waals surface area (Å²) in [5.41, 5.74) is 0.783. The third kappa shape index (κ3) is 4.62. The maximum absolute atomic E-state index is 12.9. The molecule has 0 bridgehead atoms. The molecule has 1 aromatic heterocycles. The largest absolute Gasteiger partial charge is 0.355 e. The highest BCUT2D eigenvalue weighted by atomic mass is 79.9. The van der Waals surface area contributed by atoms with Gasteiger partial charge in [0.15, 0.2) is 5.16 Å². The van der Waals surface area contributed by atoms with Gasteiger partial charge in [-0.05, 0) is 49.1 Å². The van der Waals surface area contributed by atoms with Crippen molar-refractivity contribution in [2.45, 2.75) is 63.1 Å². The van der Waals surface area contributed by atoms with E-state index >= 15 is 0 Å². The second-order valence-electron chi connectivity index (χ2n) is 7.91. The zero-order valence-electron chi connectivity index (χ0n) is 16.9. The lowest BCUT2D eigenvalue weighted by atomic mass is 9.64. The third-order valence-electron chi connectivity index (χ3n) is 5.43. The summed E-state index contributed by atoms with van der Waals surface area (Å²) in [6, 6.07) is 8.18. The van der Waals surface area contributed by atoms with Gasteiger partial charge in [-0.25, -0.2) is 0 Å². The van der Waals surface area contributed by atoms with Crippen LogP contribution in [0.15, 0.2) is 33.9 Å². The number of nitrogens with zero attached hydrogens (tertiary/aromatic N) is 3. The minimum absolute atomic E-state index is 0.162. The van der Waals surface area contributed by atoms with Crippen LogP contribution in [0.3, 0.4) is 0 Å². The average molecular weight is 465 g/mol. The molecule has 1 heterocycles. The summed E-state index contributed by atoms with van der Waals surface area (Å²) in [6.07, 6.45) is 6.70. The van der Waals surface area contributed by atoms with Gasteiger partial charge in [-0.2, -0.15) is 0 Å². The van der Waals surface area contributed by atoms with Crippen molar-refractivity contribution in [1.82, 2.24) is 20.1 Å². The minimum Gasteiger partial charge on any atom is -0.355 e. The third-order valence-corrected chi connectivity index (χ3v) is 6.62. The van der Waals surface area contributed by atoms with Gasteiger partial charge in [-0.1, -0.05) is 60.1 Å². The van der Waals surface area contributed by atoms with E-state index in [1.54, 1.807) is 11.8 Å². The quantitative estimate of drug-likeness (QED) is 0.435. The molecular formula is C21H29BrN4OS. The maximum Gasteiger partial charge on any atom is 0.230 e. The molecule has 1 fully saturated rings. The number of amides is 1. The van der Waals surface area contributed by atoms with Crippen molar-refractivity contribution in [1.29, 1.82) is 0 Å². The lowest BCUT2D eigenvalue weighted by Crippen LogP contribution is -2.49. The first kappa shape index (κ1) is 21.4. The van der Waals surface area contributed by atoms with E-state index in [0.717, 1.165) is 59.7 Å². The van der Waals surface area contributed by atoms with E-state index in [4.69, 9.17) is 0 Å². The highest BCUT2D eigenvalue weighted by molar-refractivity contribution is 9.10. The molecule has 1 aliphatic carbocycles. The SMILES string of the molecule is CSc1nnc(CCCNC(=O)C2(c3ccc(Br)cc3)CCC2)n1CC(C)C. The van der Waals surface area contributed by atoms with Crippen LogP contribution in [-0.2, 0) is 23.2 Å². The zero-order valence-corrected chi connectivity index (χ0v) is 19.3. The van der Waals surface area contributed by atoms with Crippen LogP contribution in [0.4, 0.5) is 0 Å². The molecule has 7 heteroatoms. The van der Waals surface area contributed by atoms with Gasteiger partial charge < -0.3 is 9.88 Å². The van der Waals surface area contributed by atoms with Crippen molar-refractivity contribution < 1.29 is 4.79 Å². The number of carbonyl (C=O) groups excluding carboxylic acids is 1. The lowest BCUT2D eigenvalue weighted by Gasteiger charge is -2.40. The molecule has 0 unspecified atom stereocenters. The molecular weight excluding hydrogens is 436 g/mol. The average Bonchev–Trinajstić information content (AvgIpc) is 3.00. The summed E-state index contributed by atoms with van der Waals surface area (Å²) in [5, 5.41) is 12.8. The predicted octanol–water partition coefficient (Wildman–Crippen LogP) is 4.59. The summed E-state index contributed by atoms with van der Waals surface area (Å²) in [6.45, 7) is 6.00. The standard InChI is InChI=1S/C21H29BrN4OS/c1-15(2)14-26-18(24-25-20(26)28-3)6-4-13-23-19(27)21(11-5-12-21)16-7-9-17(22)10-8-16/h7-10,15H,4-6,11-14H2,1-3H3,(H,23,27). The molecule has 1 aromatic carbocycles. The Morgan fingerprint density at radius 1 is 1.29 bits per heavy atom. The van der Waals surface area contributed by atoms with E-state index in [9.17, 15) is 4.79 Å². The Labute approximate surface area is 180 Å². The molecule has 28 heavy (non-hydrogen) atoms. The Morgan fingerprint density at radius 2 is 2.00 bits per heavy atom. The van der Waals surface area contributed by atoms with E-state index in [0.29, 0.717) is 12.5 Å². The van der Waals surface area contributed by atoms with Crippen LogP contribution in [0.2, 0.25) is 0 Å². The Balaban J connectivity index is 1.56. The highest BCUT2D eigenvalue weighted by Gasteiger charge is 2.45. The van der Waals surface area contributed by atoms with Crippen LogP contribution in [0.25, 0.3) is 0 Å². The molecule has 1 saturated carbocycles. The summed E-state index contributed by atoms with van der Waals surface area (Å²) < 4.78 is 3.26. The van der Waals surface area contributed by atoms with Crippen LogP contribution >= 0.6 is 27.7 Å². The molecule has 1 aliphatic rings. The van der Waals surface area contributed by atoms with Crippen LogP contribution < -0.4 is 5.32 Å². The van der Waals surface area contributed by atoms with Gasteiger partial charge >= 0.3 is 0 Å². The number of aryl methyl sites for hydroxylation is 1. The molecule has 2 aromatic rings. The molecule has 0 atom stereocenters. The fraction of sp³-hybridized carbons (Fsp3) is 0.571. The van der Waals surface area contributed by atoms with Gasteiger partial charge in [0.05, 0.1) is 5.41 Å². The van der Waals surface area contributed by atoms with Gasteiger partial charge in [0.1, 0.15) is 5.82 Å². The van der Waals surface area contributed by atoms with E-state index in [1.807, 2.05) is 18.4 Å². The first-order chi connectivity index (χ1) is 13.5. The van der Waals surface area contributed by atoms with Crippen molar-refractivity contribution in [3.63, 3.8) is 0 Å². The molecule has 0 spiro atoms. The summed E-state index contributed by atoms with van der Waals surface area (Å²) in [5.74, 6) is 1.72. The number of nitrogens with one attached hydrogen (secondary N) is 1. The smallest absolute Gasteiger partial charge is 0.230 e. The number of thioether (sulfide) groups is 1. The van der Waals surface area contributed by atoms with Crippen LogP contribution in [-0.4, -0.2) is 33.5 Å². The Kier molecular flexibility index (Phi) is 7.20. The molecule has 1 amide bonds. The van der Waals surface area contributed by atoms with Crippen molar-refractivity contribution in [3.05, 3.63) is 40.1 Å². The van der Waals surface area contributed by atoms with Crippen molar-refractivity contribution in [2.75, 3.05) is 12.8 Å². The maximum atomic E-state index is 12.9. The first-order valence-electron chi connectivity index (χ1n) is 9.96. The molecule has 0 radical (unpaired) electrons. The number of aromatic nitrogens is 3. The number of rotatable bonds is 9. The number of halogens is 1. The fourth-order valence-corrected chi connectivity index (χ4v) is 4.55. The summed E-state index contributed by atoms with van der Waals surface area (Å²) in [7, 11) is 0. The normalized spacial score (nSPS) is 15.5. The second kappa shape index (κ2) is 9.44.